The van der Waals surface area contributed by atoms with E-state index in [-0.39, 0.29) is 0 Å². The Morgan fingerprint density at radius 3 is 2.36 bits per heavy atom. The monoisotopic (exact) mass is 196 g/mol. The first-order chi connectivity index (χ1) is 6.74. The maximum atomic E-state index is 2.45. The molecule has 0 aliphatic heterocycles. The first-order valence-corrected chi connectivity index (χ1v) is 6.40. The fourth-order valence-corrected chi connectivity index (χ4v) is 1.95. The van der Waals surface area contributed by atoms with Crippen molar-refractivity contribution in [3.05, 3.63) is 11.6 Å². The van der Waals surface area contributed by atoms with Crippen molar-refractivity contribution in [2.75, 3.05) is 0 Å². The number of unbranched alkanes of at least 4 members (excludes halogenated alkanes) is 2. The summed E-state index contributed by atoms with van der Waals surface area (Å²) >= 11 is 0. The van der Waals surface area contributed by atoms with E-state index >= 15 is 0 Å². The van der Waals surface area contributed by atoms with E-state index < -0.39 is 0 Å². The van der Waals surface area contributed by atoms with Crippen LogP contribution in [0.4, 0.5) is 0 Å². The second-order valence-corrected chi connectivity index (χ2v) is 4.46. The molecular weight excluding hydrogens is 168 g/mol. The Hall–Kier alpha value is -0.260. The first-order valence-electron chi connectivity index (χ1n) is 6.40. The van der Waals surface area contributed by atoms with Gasteiger partial charge < -0.3 is 0 Å². The Labute approximate surface area is 90.8 Å². The van der Waals surface area contributed by atoms with E-state index in [1.54, 1.807) is 5.57 Å². The zero-order chi connectivity index (χ0) is 10.8. The average Bonchev–Trinajstić information content (AvgIpc) is 2.17. The molecule has 0 fully saturated rings. The van der Waals surface area contributed by atoms with Crippen LogP contribution < -0.4 is 0 Å². The molecule has 0 bridgehead atoms. The highest BCUT2D eigenvalue weighted by Crippen LogP contribution is 2.20. The Kier molecular flexibility index (Phi) is 9.13. The van der Waals surface area contributed by atoms with Crippen molar-refractivity contribution in [1.82, 2.24) is 0 Å². The standard InChI is InChI=1S/C14H28/c1-5-8-9-11-13(4)12-14(7-3)10-6-2/h11,14H,5-10,12H2,1-4H3. The van der Waals surface area contributed by atoms with Gasteiger partial charge in [0.25, 0.3) is 0 Å². The number of hydrogen-bond acceptors (Lipinski definition) is 0. The fraction of sp³-hybridized carbons (Fsp3) is 0.857. The van der Waals surface area contributed by atoms with E-state index in [2.05, 4.69) is 33.8 Å². The van der Waals surface area contributed by atoms with Crippen LogP contribution in [0.2, 0.25) is 0 Å². The summed E-state index contributed by atoms with van der Waals surface area (Å²) in [5.41, 5.74) is 1.61. The third-order valence-corrected chi connectivity index (χ3v) is 2.94. The Morgan fingerprint density at radius 1 is 1.14 bits per heavy atom. The highest BCUT2D eigenvalue weighted by Gasteiger charge is 2.04. The molecule has 0 heteroatoms. The van der Waals surface area contributed by atoms with Gasteiger partial charge in [0, 0.05) is 0 Å². The number of hydrogen-bond donors (Lipinski definition) is 0. The molecule has 0 rings (SSSR count). The fourth-order valence-electron chi connectivity index (χ4n) is 1.95. The summed E-state index contributed by atoms with van der Waals surface area (Å²) in [7, 11) is 0. The summed E-state index contributed by atoms with van der Waals surface area (Å²) in [5.74, 6) is 0.929. The summed E-state index contributed by atoms with van der Waals surface area (Å²) in [6, 6.07) is 0. The summed E-state index contributed by atoms with van der Waals surface area (Å²) in [5, 5.41) is 0. The van der Waals surface area contributed by atoms with Crippen molar-refractivity contribution < 1.29 is 0 Å². The van der Waals surface area contributed by atoms with Gasteiger partial charge in [-0.3, -0.25) is 0 Å². The molecule has 0 aliphatic rings. The predicted molar refractivity (Wildman–Crippen MR) is 66.6 cm³/mol. The van der Waals surface area contributed by atoms with Crippen molar-refractivity contribution >= 4 is 0 Å². The van der Waals surface area contributed by atoms with Gasteiger partial charge in [0.2, 0.25) is 0 Å². The van der Waals surface area contributed by atoms with Crippen molar-refractivity contribution in [3.8, 4) is 0 Å². The molecule has 0 aromatic carbocycles. The van der Waals surface area contributed by atoms with E-state index in [4.69, 9.17) is 0 Å². The summed E-state index contributed by atoms with van der Waals surface area (Å²) < 4.78 is 0. The molecule has 0 radical (unpaired) electrons. The second kappa shape index (κ2) is 9.30. The second-order valence-electron chi connectivity index (χ2n) is 4.46. The number of rotatable bonds is 8. The highest BCUT2D eigenvalue weighted by molar-refractivity contribution is 4.99. The molecule has 84 valence electrons. The van der Waals surface area contributed by atoms with Crippen molar-refractivity contribution in [2.45, 2.75) is 72.6 Å². The van der Waals surface area contributed by atoms with E-state index in [0.717, 1.165) is 5.92 Å². The molecule has 0 heterocycles. The maximum Gasteiger partial charge on any atom is -0.0295 e. The maximum absolute atomic E-state index is 2.45. The van der Waals surface area contributed by atoms with Crippen LogP contribution >= 0.6 is 0 Å². The third-order valence-electron chi connectivity index (χ3n) is 2.94. The van der Waals surface area contributed by atoms with Crippen LogP contribution in [0.15, 0.2) is 11.6 Å². The quantitative estimate of drug-likeness (QED) is 0.363. The van der Waals surface area contributed by atoms with Crippen LogP contribution in [-0.4, -0.2) is 0 Å². The Bertz CT molecular complexity index is 144. The minimum atomic E-state index is 0.929. The van der Waals surface area contributed by atoms with Gasteiger partial charge in [0.1, 0.15) is 0 Å². The van der Waals surface area contributed by atoms with Gasteiger partial charge in [0.05, 0.1) is 0 Å². The molecule has 0 aliphatic carbocycles. The Morgan fingerprint density at radius 2 is 1.86 bits per heavy atom. The lowest BCUT2D eigenvalue weighted by atomic mass is 9.93. The average molecular weight is 196 g/mol. The van der Waals surface area contributed by atoms with Gasteiger partial charge in [-0.15, -0.1) is 0 Å². The summed E-state index contributed by atoms with van der Waals surface area (Å²) in [4.78, 5) is 0. The highest BCUT2D eigenvalue weighted by atomic mass is 14.1. The van der Waals surface area contributed by atoms with Crippen molar-refractivity contribution in [2.24, 2.45) is 5.92 Å². The molecule has 0 N–H and O–H groups in total. The topological polar surface area (TPSA) is 0 Å². The van der Waals surface area contributed by atoms with Crippen LogP contribution in [-0.2, 0) is 0 Å². The van der Waals surface area contributed by atoms with Gasteiger partial charge in [-0.2, -0.15) is 0 Å². The van der Waals surface area contributed by atoms with Crippen molar-refractivity contribution in [1.29, 1.82) is 0 Å². The molecule has 0 amide bonds. The lowest BCUT2D eigenvalue weighted by Crippen LogP contribution is -1.98. The van der Waals surface area contributed by atoms with Gasteiger partial charge in [0.15, 0.2) is 0 Å². The molecule has 0 aromatic heterocycles. The third kappa shape index (κ3) is 7.17. The van der Waals surface area contributed by atoms with E-state index in [9.17, 15) is 0 Å². The van der Waals surface area contributed by atoms with Gasteiger partial charge >= 0.3 is 0 Å². The van der Waals surface area contributed by atoms with E-state index in [1.807, 2.05) is 0 Å². The van der Waals surface area contributed by atoms with Gasteiger partial charge in [-0.1, -0.05) is 64.5 Å². The molecular formula is C14H28. The smallest absolute Gasteiger partial charge is 0.0295 e. The Balaban J connectivity index is 3.75. The molecule has 1 atom stereocenters. The molecule has 0 saturated carbocycles. The van der Waals surface area contributed by atoms with Crippen LogP contribution in [0.3, 0.4) is 0 Å². The van der Waals surface area contributed by atoms with Crippen LogP contribution in [0.25, 0.3) is 0 Å². The van der Waals surface area contributed by atoms with Crippen LogP contribution in [0, 0.1) is 5.92 Å². The van der Waals surface area contributed by atoms with Gasteiger partial charge in [-0.25, -0.2) is 0 Å². The first kappa shape index (κ1) is 13.7. The zero-order valence-electron chi connectivity index (χ0n) is 10.6. The molecule has 1 unspecified atom stereocenters. The predicted octanol–water partition coefficient (Wildman–Crippen LogP) is 5.34. The minimum Gasteiger partial charge on any atom is -0.0856 e. The van der Waals surface area contributed by atoms with E-state index in [0.29, 0.717) is 0 Å². The van der Waals surface area contributed by atoms with Crippen molar-refractivity contribution in [3.63, 3.8) is 0 Å². The lowest BCUT2D eigenvalue weighted by molar-refractivity contribution is 0.460. The van der Waals surface area contributed by atoms with E-state index in [1.165, 1.54) is 44.9 Å². The largest absolute Gasteiger partial charge is 0.0856 e. The number of allylic oxidation sites excluding steroid dienone is 2. The normalized spacial score (nSPS) is 14.4. The molecule has 0 saturated heterocycles. The minimum absolute atomic E-state index is 0.929. The SMILES string of the molecule is CCCCC=C(C)CC(CC)CCC. The summed E-state index contributed by atoms with van der Waals surface area (Å²) in [6.45, 7) is 9.17. The van der Waals surface area contributed by atoms with Crippen LogP contribution in [0.1, 0.15) is 72.6 Å². The molecule has 0 spiro atoms. The summed E-state index contributed by atoms with van der Waals surface area (Å²) in [6.07, 6.45) is 11.8. The van der Waals surface area contributed by atoms with Crippen LogP contribution in [0.5, 0.6) is 0 Å². The molecule has 0 aromatic rings. The molecule has 0 nitrogen and oxygen atoms in total. The zero-order valence-corrected chi connectivity index (χ0v) is 10.6. The molecule has 14 heavy (non-hydrogen) atoms. The lowest BCUT2D eigenvalue weighted by Gasteiger charge is -2.13. The van der Waals surface area contributed by atoms with Gasteiger partial charge in [-0.05, 0) is 25.7 Å².